The standard InChI is InChI=1S/C18H23NO3/c1-10-4-3-5-11(2)16(10)19-17(20)14-12-6-8-13(9-7-12)15(14)18(21)22/h3-5,12-15H,6-9H2,1-2H3,(H,19,20)(H,21,22). The van der Waals surface area contributed by atoms with E-state index in [1.807, 2.05) is 32.0 Å². The molecule has 4 nitrogen and oxygen atoms in total. The molecule has 4 heteroatoms. The summed E-state index contributed by atoms with van der Waals surface area (Å²) in [5.74, 6) is -1.44. The second-order valence-corrected chi connectivity index (χ2v) is 6.82. The number of amides is 1. The summed E-state index contributed by atoms with van der Waals surface area (Å²) in [5.41, 5.74) is 2.86. The number of anilines is 1. The van der Waals surface area contributed by atoms with Crippen molar-refractivity contribution in [3.05, 3.63) is 29.3 Å². The summed E-state index contributed by atoms with van der Waals surface area (Å²) in [6, 6.07) is 5.89. The van der Waals surface area contributed by atoms with Gasteiger partial charge in [0.2, 0.25) is 5.91 Å². The average molecular weight is 301 g/mol. The molecule has 1 aromatic carbocycles. The molecule has 3 aliphatic carbocycles. The molecule has 2 unspecified atom stereocenters. The lowest BCUT2D eigenvalue weighted by Crippen LogP contribution is -2.49. The number of para-hydroxylation sites is 1. The van der Waals surface area contributed by atoms with Gasteiger partial charge in [0.1, 0.15) is 0 Å². The summed E-state index contributed by atoms with van der Waals surface area (Å²) in [7, 11) is 0. The third kappa shape index (κ3) is 2.51. The quantitative estimate of drug-likeness (QED) is 0.899. The highest BCUT2D eigenvalue weighted by Crippen LogP contribution is 2.49. The molecule has 0 heterocycles. The fraction of sp³-hybridized carbons (Fsp3) is 0.556. The van der Waals surface area contributed by atoms with Gasteiger partial charge in [0.05, 0.1) is 11.8 Å². The average Bonchev–Trinajstić information content (AvgIpc) is 2.51. The summed E-state index contributed by atoms with van der Waals surface area (Å²) in [4.78, 5) is 24.5. The van der Waals surface area contributed by atoms with Crippen molar-refractivity contribution in [2.45, 2.75) is 39.5 Å². The number of aliphatic carboxylic acids is 1. The minimum Gasteiger partial charge on any atom is -0.481 e. The molecule has 0 aliphatic heterocycles. The Balaban J connectivity index is 1.86. The number of carboxylic acid groups (broad SMARTS) is 1. The first-order valence-corrected chi connectivity index (χ1v) is 8.09. The third-order valence-corrected chi connectivity index (χ3v) is 5.54. The van der Waals surface area contributed by atoms with Crippen molar-refractivity contribution in [1.82, 2.24) is 0 Å². The van der Waals surface area contributed by atoms with E-state index in [0.717, 1.165) is 42.5 Å². The zero-order valence-corrected chi connectivity index (χ0v) is 13.1. The van der Waals surface area contributed by atoms with Crippen LogP contribution in [0.1, 0.15) is 36.8 Å². The minimum absolute atomic E-state index is 0.112. The van der Waals surface area contributed by atoms with Crippen molar-refractivity contribution in [1.29, 1.82) is 0 Å². The number of hydrogen-bond donors (Lipinski definition) is 2. The van der Waals surface area contributed by atoms with Crippen molar-refractivity contribution >= 4 is 17.6 Å². The number of aryl methyl sites for hydroxylation is 2. The Morgan fingerprint density at radius 1 is 1.00 bits per heavy atom. The number of fused-ring (bicyclic) bond motifs is 3. The molecule has 2 N–H and O–H groups in total. The molecule has 0 radical (unpaired) electrons. The van der Waals surface area contributed by atoms with Crippen LogP contribution in [-0.2, 0) is 9.59 Å². The predicted molar refractivity (Wildman–Crippen MR) is 84.6 cm³/mol. The number of carbonyl (C=O) groups excluding carboxylic acids is 1. The van der Waals surface area contributed by atoms with E-state index < -0.39 is 11.9 Å². The van der Waals surface area contributed by atoms with Gasteiger partial charge < -0.3 is 10.4 Å². The van der Waals surface area contributed by atoms with Crippen molar-refractivity contribution in [3.63, 3.8) is 0 Å². The van der Waals surface area contributed by atoms with Crippen LogP contribution in [0.2, 0.25) is 0 Å². The number of hydrogen-bond acceptors (Lipinski definition) is 2. The number of carboxylic acids is 1. The maximum Gasteiger partial charge on any atom is 0.307 e. The summed E-state index contributed by atoms with van der Waals surface area (Å²) >= 11 is 0. The highest BCUT2D eigenvalue weighted by Gasteiger charge is 2.50. The fourth-order valence-electron chi connectivity index (χ4n) is 4.40. The smallest absolute Gasteiger partial charge is 0.307 e. The summed E-state index contributed by atoms with van der Waals surface area (Å²) < 4.78 is 0. The summed E-state index contributed by atoms with van der Waals surface area (Å²) in [6.07, 6.45) is 3.88. The van der Waals surface area contributed by atoms with Gasteiger partial charge in [-0.15, -0.1) is 0 Å². The first kappa shape index (κ1) is 15.1. The van der Waals surface area contributed by atoms with Gasteiger partial charge in [0.25, 0.3) is 0 Å². The molecule has 118 valence electrons. The minimum atomic E-state index is -0.809. The van der Waals surface area contributed by atoms with Crippen LogP contribution in [0.5, 0.6) is 0 Å². The number of carbonyl (C=O) groups is 2. The van der Waals surface area contributed by atoms with Crippen LogP contribution in [0.15, 0.2) is 18.2 Å². The van der Waals surface area contributed by atoms with Crippen LogP contribution in [0.25, 0.3) is 0 Å². The fourth-order valence-corrected chi connectivity index (χ4v) is 4.40. The molecule has 4 rings (SSSR count). The molecule has 3 fully saturated rings. The highest BCUT2D eigenvalue weighted by molar-refractivity contribution is 5.96. The van der Waals surface area contributed by atoms with Gasteiger partial charge in [-0.3, -0.25) is 9.59 Å². The van der Waals surface area contributed by atoms with E-state index in [2.05, 4.69) is 5.32 Å². The van der Waals surface area contributed by atoms with E-state index in [9.17, 15) is 14.7 Å². The largest absolute Gasteiger partial charge is 0.481 e. The molecule has 0 spiro atoms. The van der Waals surface area contributed by atoms with E-state index >= 15 is 0 Å². The van der Waals surface area contributed by atoms with Crippen LogP contribution >= 0.6 is 0 Å². The Kier molecular flexibility index (Phi) is 3.94. The Bertz CT molecular complexity index is 582. The maximum atomic E-state index is 12.8. The van der Waals surface area contributed by atoms with Crippen LogP contribution in [0, 0.1) is 37.5 Å². The number of nitrogens with one attached hydrogen (secondary N) is 1. The molecule has 2 bridgehead atoms. The van der Waals surface area contributed by atoms with E-state index in [0.29, 0.717) is 0 Å². The molecule has 22 heavy (non-hydrogen) atoms. The predicted octanol–water partition coefficient (Wildman–Crippen LogP) is 3.38. The van der Waals surface area contributed by atoms with Crippen LogP contribution in [0.4, 0.5) is 5.69 Å². The summed E-state index contributed by atoms with van der Waals surface area (Å²) in [5, 5.41) is 12.6. The van der Waals surface area contributed by atoms with Crippen LogP contribution < -0.4 is 5.32 Å². The van der Waals surface area contributed by atoms with E-state index in [1.165, 1.54) is 0 Å². The van der Waals surface area contributed by atoms with E-state index in [4.69, 9.17) is 0 Å². The van der Waals surface area contributed by atoms with Gasteiger partial charge in [-0.05, 0) is 62.5 Å². The lowest BCUT2D eigenvalue weighted by atomic mass is 9.58. The van der Waals surface area contributed by atoms with Crippen molar-refractivity contribution in [2.75, 3.05) is 5.32 Å². The number of benzene rings is 1. The molecule has 0 aromatic heterocycles. The van der Waals surface area contributed by atoms with Crippen molar-refractivity contribution < 1.29 is 14.7 Å². The van der Waals surface area contributed by atoms with Gasteiger partial charge >= 0.3 is 5.97 Å². The third-order valence-electron chi connectivity index (χ3n) is 5.54. The van der Waals surface area contributed by atoms with E-state index in [-0.39, 0.29) is 23.7 Å². The Labute approximate surface area is 130 Å². The molecule has 0 saturated heterocycles. The molecule has 2 atom stereocenters. The van der Waals surface area contributed by atoms with Gasteiger partial charge in [0, 0.05) is 5.69 Å². The Hall–Kier alpha value is -1.84. The van der Waals surface area contributed by atoms with Gasteiger partial charge in [0.15, 0.2) is 0 Å². The molecular weight excluding hydrogens is 278 g/mol. The Morgan fingerprint density at radius 3 is 2.00 bits per heavy atom. The Morgan fingerprint density at radius 2 is 1.50 bits per heavy atom. The van der Waals surface area contributed by atoms with Gasteiger partial charge in [-0.1, -0.05) is 18.2 Å². The number of rotatable bonds is 3. The molecule has 1 amide bonds. The lowest BCUT2D eigenvalue weighted by Gasteiger charge is -2.45. The second-order valence-electron chi connectivity index (χ2n) is 6.82. The first-order valence-electron chi connectivity index (χ1n) is 8.09. The molecular formula is C18H23NO3. The summed E-state index contributed by atoms with van der Waals surface area (Å²) in [6.45, 7) is 3.93. The maximum absolute atomic E-state index is 12.8. The monoisotopic (exact) mass is 301 g/mol. The first-order chi connectivity index (χ1) is 10.5. The second kappa shape index (κ2) is 5.75. The molecule has 3 saturated carbocycles. The lowest BCUT2D eigenvalue weighted by molar-refractivity contribution is -0.156. The van der Waals surface area contributed by atoms with E-state index in [1.54, 1.807) is 0 Å². The van der Waals surface area contributed by atoms with Crippen molar-refractivity contribution in [2.24, 2.45) is 23.7 Å². The zero-order valence-electron chi connectivity index (χ0n) is 13.1. The van der Waals surface area contributed by atoms with Crippen molar-refractivity contribution in [3.8, 4) is 0 Å². The van der Waals surface area contributed by atoms with Crippen LogP contribution in [0.3, 0.4) is 0 Å². The van der Waals surface area contributed by atoms with Gasteiger partial charge in [-0.2, -0.15) is 0 Å². The molecule has 3 aliphatic rings. The normalized spacial score (nSPS) is 30.1. The SMILES string of the molecule is Cc1cccc(C)c1NC(=O)C1C2CCC(CC2)C1C(=O)O. The molecule has 1 aromatic rings. The highest BCUT2D eigenvalue weighted by atomic mass is 16.4. The van der Waals surface area contributed by atoms with Gasteiger partial charge in [-0.25, -0.2) is 0 Å². The van der Waals surface area contributed by atoms with Crippen LogP contribution in [-0.4, -0.2) is 17.0 Å². The topological polar surface area (TPSA) is 66.4 Å². The zero-order chi connectivity index (χ0) is 15.9.